The summed E-state index contributed by atoms with van der Waals surface area (Å²) >= 11 is 0. The number of aliphatic hydroxyl groups is 4. The first kappa shape index (κ1) is 48.5. The van der Waals surface area contributed by atoms with Gasteiger partial charge in [0.25, 0.3) is 0 Å². The van der Waals surface area contributed by atoms with Gasteiger partial charge in [-0.15, -0.1) is 0 Å². The number of nitrogens with zero attached hydrogens (tertiary/aromatic N) is 16. The molecule has 3 aliphatic carbocycles. The number of hydrogen-bond acceptors (Lipinski definition) is 22. The van der Waals surface area contributed by atoms with Crippen LogP contribution in [0.2, 0.25) is 0 Å². The maximum Gasteiger partial charge on any atom is 0.226 e. The number of imidazole rings is 2. The number of ether oxygens (including phenoxy) is 2. The molecule has 0 bridgehead atoms. The molecule has 0 radical (unpaired) electrons. The molecule has 0 amide bonds. The van der Waals surface area contributed by atoms with Crippen molar-refractivity contribution in [1.82, 2.24) is 78.8 Å². The fourth-order valence-electron chi connectivity index (χ4n) is 11.0. The van der Waals surface area contributed by atoms with Crippen LogP contribution in [0.3, 0.4) is 0 Å². The molecule has 2 aliphatic heterocycles. The van der Waals surface area contributed by atoms with Crippen LogP contribution < -0.4 is 21.3 Å². The van der Waals surface area contributed by atoms with Crippen molar-refractivity contribution < 1.29 is 29.9 Å². The Morgan fingerprint density at radius 3 is 1.35 bits per heavy atom. The Morgan fingerprint density at radius 1 is 0.556 bits per heavy atom. The van der Waals surface area contributed by atoms with Gasteiger partial charge in [0.2, 0.25) is 11.9 Å². The van der Waals surface area contributed by atoms with Gasteiger partial charge in [-0.25, -0.2) is 9.97 Å². The van der Waals surface area contributed by atoms with Crippen LogP contribution in [-0.2, 0) is 22.3 Å². The number of aliphatic hydroxyl groups excluding tert-OH is 4. The van der Waals surface area contributed by atoms with Gasteiger partial charge in [0, 0.05) is 64.4 Å². The van der Waals surface area contributed by atoms with Crippen LogP contribution in [0.25, 0.3) is 22.3 Å². The third-order valence-electron chi connectivity index (χ3n) is 15.3. The lowest BCUT2D eigenvalue weighted by Gasteiger charge is -2.30. The molecule has 388 valence electrons. The molecule has 8 atom stereocenters. The average Bonchev–Trinajstić information content (AvgIpc) is 4.29. The predicted octanol–water partition coefficient (Wildman–Crippen LogP) is 0.413. The molecule has 5 fully saturated rings. The molecule has 8 heterocycles. The normalized spacial score (nSPS) is 28.6. The maximum atomic E-state index is 11.5. The zero-order valence-corrected chi connectivity index (χ0v) is 41.0. The SMILES string of the molecule is CCc1cnn([C@H]2C[C@@H](n3cnc4c(NC5CCC(Nc6nc(NCCN7CCOCC7)nc7c6ncn7[C@@H]6C[C@H](n7ncc(CC)n7)[C@@H](O)[C@H]6O)CC5)nc(NCCN5CCOCC5)nc43)[C@H](O)[C@@H]2O)n1. The van der Waals surface area contributed by atoms with Crippen LogP contribution in [0.1, 0.15) is 87.9 Å². The molecule has 3 saturated carbocycles. The minimum Gasteiger partial charge on any atom is -0.388 e. The van der Waals surface area contributed by atoms with Crippen molar-refractivity contribution in [2.75, 3.05) is 100 Å². The summed E-state index contributed by atoms with van der Waals surface area (Å²) in [5, 5.41) is 77.8. The van der Waals surface area contributed by atoms with E-state index in [0.29, 0.717) is 111 Å². The summed E-state index contributed by atoms with van der Waals surface area (Å²) < 4.78 is 14.8. The monoisotopic (exact) mass is 997 g/mol. The number of anilines is 4. The van der Waals surface area contributed by atoms with Gasteiger partial charge in [-0.05, 0) is 51.4 Å². The van der Waals surface area contributed by atoms with Gasteiger partial charge in [-0.2, -0.15) is 49.9 Å². The lowest BCUT2D eigenvalue weighted by molar-refractivity contribution is 0.00497. The number of morpholine rings is 2. The first-order valence-corrected chi connectivity index (χ1v) is 25.8. The Kier molecular flexibility index (Phi) is 14.4. The first-order chi connectivity index (χ1) is 35.2. The highest BCUT2D eigenvalue weighted by Crippen LogP contribution is 2.42. The Morgan fingerprint density at radius 2 is 0.958 bits per heavy atom. The lowest BCUT2D eigenvalue weighted by Crippen LogP contribution is -2.39. The van der Waals surface area contributed by atoms with Crippen LogP contribution in [0.4, 0.5) is 23.5 Å². The zero-order valence-electron chi connectivity index (χ0n) is 41.0. The van der Waals surface area contributed by atoms with Crippen molar-refractivity contribution in [3.8, 4) is 0 Å². The van der Waals surface area contributed by atoms with E-state index in [9.17, 15) is 20.4 Å². The second kappa shape index (κ2) is 21.4. The molecule has 72 heavy (non-hydrogen) atoms. The molecule has 2 saturated heterocycles. The fourth-order valence-corrected chi connectivity index (χ4v) is 11.0. The molecule has 26 nitrogen and oxygen atoms in total. The third kappa shape index (κ3) is 10.0. The predicted molar refractivity (Wildman–Crippen MR) is 264 cm³/mol. The molecular weight excluding hydrogens is 929 g/mol. The quantitative estimate of drug-likeness (QED) is 0.0579. The van der Waals surface area contributed by atoms with E-state index in [2.05, 4.69) is 51.5 Å². The van der Waals surface area contributed by atoms with E-state index in [1.807, 2.05) is 23.0 Å². The molecule has 11 rings (SSSR count). The zero-order chi connectivity index (χ0) is 49.3. The van der Waals surface area contributed by atoms with Crippen LogP contribution in [0.15, 0.2) is 25.0 Å². The summed E-state index contributed by atoms with van der Waals surface area (Å²) in [5.41, 5.74) is 3.90. The van der Waals surface area contributed by atoms with Crippen LogP contribution in [0.5, 0.6) is 0 Å². The van der Waals surface area contributed by atoms with Crippen LogP contribution in [-0.4, -0.2) is 215 Å². The summed E-state index contributed by atoms with van der Waals surface area (Å²) in [6, 6.07) is -1.96. The molecule has 0 aromatic carbocycles. The number of aromatic nitrogens is 14. The number of fused-ring (bicyclic) bond motifs is 2. The van der Waals surface area contributed by atoms with Crippen LogP contribution in [0, 0.1) is 0 Å². The molecule has 5 aliphatic rings. The second-order valence-corrected chi connectivity index (χ2v) is 19.8. The van der Waals surface area contributed by atoms with Crippen LogP contribution >= 0.6 is 0 Å². The molecule has 6 aromatic heterocycles. The van der Waals surface area contributed by atoms with E-state index in [0.717, 1.165) is 76.3 Å². The van der Waals surface area contributed by atoms with E-state index in [4.69, 9.17) is 39.4 Å². The Hall–Kier alpha value is -5.74. The summed E-state index contributed by atoms with van der Waals surface area (Å²) in [6.07, 6.45) is 7.86. The molecule has 6 aromatic rings. The van der Waals surface area contributed by atoms with Crippen molar-refractivity contribution >= 4 is 45.9 Å². The standard InChI is InChI=1S/C46H68N20O6/c1-3-27-23-51-65(59-27)33-21-31(37(67)39(33)69)63-25-49-35-41(55-45(57-43(35)63)47-9-11-61-13-17-71-18-14-61)53-29-5-7-30(8-6-29)54-42-36-44(58-46(56-42)48-10-12-62-15-19-72-20-16-62)64(26-50-36)32-22-34(40(70)38(32)68)66-52-24-28(4-2)60-66/h23-26,29-34,37-40,67-70H,3-22H2,1-2H3,(H2,47,53,55,57)(H2,48,54,56,58)/t29?,30?,31-,32-,33+,34+,37+,38+,39-,40-/m1/s1. The highest BCUT2D eigenvalue weighted by molar-refractivity contribution is 5.85. The van der Waals surface area contributed by atoms with Crippen molar-refractivity contribution in [2.24, 2.45) is 0 Å². The second-order valence-electron chi connectivity index (χ2n) is 19.8. The Labute approximate surface area is 415 Å². The molecular formula is C46H68N20O6. The van der Waals surface area contributed by atoms with E-state index < -0.39 is 48.6 Å². The molecule has 26 heteroatoms. The maximum absolute atomic E-state index is 11.5. The van der Waals surface area contributed by atoms with Crippen molar-refractivity contribution in [2.45, 2.75) is 126 Å². The van der Waals surface area contributed by atoms with Crippen molar-refractivity contribution in [3.05, 3.63) is 36.4 Å². The minimum absolute atomic E-state index is 0.0670. The number of aryl methyl sites for hydroxylation is 2. The summed E-state index contributed by atoms with van der Waals surface area (Å²) in [4.78, 5) is 37.3. The highest BCUT2D eigenvalue weighted by atomic mass is 16.5. The minimum atomic E-state index is -1.10. The molecule has 0 spiro atoms. The highest BCUT2D eigenvalue weighted by Gasteiger charge is 2.47. The molecule has 8 N–H and O–H groups in total. The van der Waals surface area contributed by atoms with Gasteiger partial charge in [-0.1, -0.05) is 13.8 Å². The topological polar surface area (TPSA) is 303 Å². The third-order valence-corrected chi connectivity index (χ3v) is 15.3. The average molecular weight is 997 g/mol. The van der Waals surface area contributed by atoms with Gasteiger partial charge in [0.15, 0.2) is 34.0 Å². The van der Waals surface area contributed by atoms with Gasteiger partial charge >= 0.3 is 0 Å². The number of nitrogens with one attached hydrogen (secondary N) is 4. The largest absolute Gasteiger partial charge is 0.388 e. The van der Waals surface area contributed by atoms with E-state index >= 15 is 0 Å². The van der Waals surface area contributed by atoms with E-state index in [1.54, 1.807) is 25.0 Å². The fraction of sp³-hybridized carbons (Fsp3) is 0.696. The van der Waals surface area contributed by atoms with Gasteiger partial charge in [-0.3, -0.25) is 9.80 Å². The Bertz CT molecular complexity index is 2560. The van der Waals surface area contributed by atoms with E-state index in [1.165, 1.54) is 9.59 Å². The van der Waals surface area contributed by atoms with Gasteiger partial charge in [0.1, 0.15) is 36.5 Å². The first-order valence-electron chi connectivity index (χ1n) is 25.8. The summed E-state index contributed by atoms with van der Waals surface area (Å²) in [6.45, 7) is 13.2. The van der Waals surface area contributed by atoms with Gasteiger partial charge < -0.3 is 60.3 Å². The van der Waals surface area contributed by atoms with Crippen molar-refractivity contribution in [3.63, 3.8) is 0 Å². The Balaban J connectivity index is 0.811. The summed E-state index contributed by atoms with van der Waals surface area (Å²) in [5.74, 6) is 2.09. The molecule has 0 unspecified atom stereocenters. The smallest absolute Gasteiger partial charge is 0.226 e. The number of rotatable bonds is 18. The lowest BCUT2D eigenvalue weighted by atomic mass is 9.91. The number of hydrogen-bond donors (Lipinski definition) is 8. The van der Waals surface area contributed by atoms with Gasteiger partial charge in [0.05, 0.1) is 74.9 Å². The van der Waals surface area contributed by atoms with Crippen molar-refractivity contribution in [1.29, 1.82) is 0 Å². The van der Waals surface area contributed by atoms with E-state index in [-0.39, 0.29) is 12.1 Å². The summed E-state index contributed by atoms with van der Waals surface area (Å²) in [7, 11) is 0.